The zero-order valence-electron chi connectivity index (χ0n) is 19.3. The molecule has 0 radical (unpaired) electrons. The number of hydrogen-bond acceptors (Lipinski definition) is 2. The second-order valence-electron chi connectivity index (χ2n) is 10.3. The minimum absolute atomic E-state index is 0.962. The number of para-hydroxylation sites is 1. The first kappa shape index (κ1) is 18.2. The van der Waals surface area contributed by atoms with Crippen molar-refractivity contribution in [3.8, 4) is 22.3 Å². The normalized spacial score (nSPS) is 14.9. The summed E-state index contributed by atoms with van der Waals surface area (Å²) in [5, 5.41) is 0. The molecule has 9 rings (SSSR count). The molecule has 35 heavy (non-hydrogen) atoms. The summed E-state index contributed by atoms with van der Waals surface area (Å²) >= 11 is 0. The van der Waals surface area contributed by atoms with Gasteiger partial charge in [0, 0.05) is 19.0 Å². The maximum atomic E-state index is 4.87. The van der Waals surface area contributed by atoms with Gasteiger partial charge in [-0.25, -0.2) is 4.98 Å². The number of hydrogen-bond donors (Lipinski definition) is 0. The van der Waals surface area contributed by atoms with E-state index in [1.807, 2.05) is 6.20 Å². The van der Waals surface area contributed by atoms with E-state index < -0.39 is 0 Å². The Balaban J connectivity index is 1.33. The molecule has 0 N–H and O–H groups in total. The fourth-order valence-corrected chi connectivity index (χ4v) is 7.18. The molecular formula is C33H22N2. The quantitative estimate of drug-likeness (QED) is 0.240. The van der Waals surface area contributed by atoms with E-state index in [2.05, 4.69) is 83.8 Å². The molecule has 164 valence electrons. The van der Waals surface area contributed by atoms with Gasteiger partial charge >= 0.3 is 0 Å². The Kier molecular flexibility index (Phi) is 3.27. The van der Waals surface area contributed by atoms with Crippen LogP contribution in [0.5, 0.6) is 0 Å². The lowest BCUT2D eigenvalue weighted by atomic mass is 9.83. The zero-order chi connectivity index (χ0) is 22.7. The number of fused-ring (bicyclic) bond motifs is 12. The van der Waals surface area contributed by atoms with Crippen LogP contribution >= 0.6 is 0 Å². The van der Waals surface area contributed by atoms with Gasteiger partial charge in [0.05, 0.1) is 11.4 Å². The van der Waals surface area contributed by atoms with E-state index in [1.54, 1.807) is 0 Å². The summed E-state index contributed by atoms with van der Waals surface area (Å²) in [4.78, 5) is 7.32. The SMILES string of the molecule is c1ccc2c(c1)Cc1c-2ccc2c1-c1cc3c4c(c1C2)Cc1cccnc1N4c1ccccc1C3. The van der Waals surface area contributed by atoms with Crippen molar-refractivity contribution < 1.29 is 0 Å². The topological polar surface area (TPSA) is 16.1 Å². The summed E-state index contributed by atoms with van der Waals surface area (Å²) in [5.41, 5.74) is 20.2. The lowest BCUT2D eigenvalue weighted by molar-refractivity contribution is 0.968. The monoisotopic (exact) mass is 446 g/mol. The van der Waals surface area contributed by atoms with Crippen molar-refractivity contribution in [3.63, 3.8) is 0 Å². The Bertz CT molecular complexity index is 1750. The minimum Gasteiger partial charge on any atom is -0.294 e. The van der Waals surface area contributed by atoms with Gasteiger partial charge in [-0.3, -0.25) is 4.90 Å². The summed E-state index contributed by atoms with van der Waals surface area (Å²) in [6.45, 7) is 0. The largest absolute Gasteiger partial charge is 0.294 e. The Morgan fingerprint density at radius 3 is 2.31 bits per heavy atom. The summed E-state index contributed by atoms with van der Waals surface area (Å²) in [5.74, 6) is 1.10. The molecule has 4 aromatic carbocycles. The van der Waals surface area contributed by atoms with Gasteiger partial charge in [-0.2, -0.15) is 0 Å². The number of benzene rings is 4. The lowest BCUT2D eigenvalue weighted by Gasteiger charge is -2.39. The van der Waals surface area contributed by atoms with Gasteiger partial charge in [0.25, 0.3) is 0 Å². The van der Waals surface area contributed by atoms with Crippen LogP contribution in [-0.4, -0.2) is 4.98 Å². The number of rotatable bonds is 0. The van der Waals surface area contributed by atoms with Crippen LogP contribution in [0.3, 0.4) is 0 Å². The summed E-state index contributed by atoms with van der Waals surface area (Å²) in [6.07, 6.45) is 5.95. The molecule has 0 saturated carbocycles. The maximum absolute atomic E-state index is 4.87. The molecule has 2 aliphatic heterocycles. The highest BCUT2D eigenvalue weighted by molar-refractivity contribution is 5.95. The van der Waals surface area contributed by atoms with E-state index in [0.29, 0.717) is 0 Å². The summed E-state index contributed by atoms with van der Waals surface area (Å²) in [7, 11) is 0. The molecule has 0 bridgehead atoms. The van der Waals surface area contributed by atoms with Crippen LogP contribution in [0.1, 0.15) is 44.5 Å². The number of aromatic nitrogens is 1. The Morgan fingerprint density at radius 1 is 0.543 bits per heavy atom. The Morgan fingerprint density at radius 2 is 1.34 bits per heavy atom. The zero-order valence-corrected chi connectivity index (χ0v) is 19.3. The molecular weight excluding hydrogens is 424 g/mol. The van der Waals surface area contributed by atoms with E-state index in [1.165, 1.54) is 78.1 Å². The van der Waals surface area contributed by atoms with Crippen molar-refractivity contribution in [2.24, 2.45) is 0 Å². The lowest BCUT2D eigenvalue weighted by Crippen LogP contribution is -2.26. The smallest absolute Gasteiger partial charge is 0.141 e. The van der Waals surface area contributed by atoms with E-state index in [0.717, 1.165) is 31.5 Å². The van der Waals surface area contributed by atoms with Gasteiger partial charge in [-0.1, -0.05) is 60.7 Å². The van der Waals surface area contributed by atoms with Crippen molar-refractivity contribution >= 4 is 17.2 Å². The predicted octanol–water partition coefficient (Wildman–Crippen LogP) is 7.50. The Hall–Kier alpha value is -4.17. The van der Waals surface area contributed by atoms with E-state index in [9.17, 15) is 0 Å². The average Bonchev–Trinajstić information content (AvgIpc) is 3.47. The minimum atomic E-state index is 0.962. The summed E-state index contributed by atoms with van der Waals surface area (Å²) < 4.78 is 0. The third kappa shape index (κ3) is 2.23. The van der Waals surface area contributed by atoms with Crippen molar-refractivity contribution in [1.82, 2.24) is 4.98 Å². The van der Waals surface area contributed by atoms with Crippen molar-refractivity contribution in [2.75, 3.05) is 4.90 Å². The molecule has 4 aliphatic rings. The fourth-order valence-electron chi connectivity index (χ4n) is 7.18. The van der Waals surface area contributed by atoms with Gasteiger partial charge in [0.15, 0.2) is 0 Å². The van der Waals surface area contributed by atoms with Gasteiger partial charge in [0.1, 0.15) is 5.82 Å². The molecule has 2 heteroatoms. The molecule has 0 spiro atoms. The average molecular weight is 447 g/mol. The molecule has 0 saturated heterocycles. The van der Waals surface area contributed by atoms with Crippen molar-refractivity contribution in [2.45, 2.75) is 25.7 Å². The molecule has 0 unspecified atom stereocenters. The third-order valence-electron chi connectivity index (χ3n) is 8.59. The molecule has 2 nitrogen and oxygen atoms in total. The fraction of sp³-hybridized carbons (Fsp3) is 0.121. The second-order valence-corrected chi connectivity index (χ2v) is 10.3. The van der Waals surface area contributed by atoms with Crippen molar-refractivity contribution in [1.29, 1.82) is 0 Å². The summed E-state index contributed by atoms with van der Waals surface area (Å²) in [6, 6.07) is 29.5. The highest BCUT2D eigenvalue weighted by Crippen LogP contribution is 2.55. The van der Waals surface area contributed by atoms with Gasteiger partial charge in [-0.15, -0.1) is 0 Å². The van der Waals surface area contributed by atoms with Crippen LogP contribution in [0, 0.1) is 0 Å². The molecule has 2 aliphatic carbocycles. The highest BCUT2D eigenvalue weighted by Gasteiger charge is 2.37. The van der Waals surface area contributed by atoms with Crippen LogP contribution in [0.4, 0.5) is 17.2 Å². The Labute approximate surface area is 204 Å². The van der Waals surface area contributed by atoms with Gasteiger partial charge in [-0.05, 0) is 97.8 Å². The number of anilines is 3. The highest BCUT2D eigenvalue weighted by atomic mass is 15.2. The van der Waals surface area contributed by atoms with Crippen LogP contribution in [-0.2, 0) is 25.7 Å². The van der Waals surface area contributed by atoms with Gasteiger partial charge < -0.3 is 0 Å². The first-order valence-electron chi connectivity index (χ1n) is 12.6. The molecule has 5 aromatic rings. The first-order chi connectivity index (χ1) is 17.3. The van der Waals surface area contributed by atoms with Crippen molar-refractivity contribution in [3.05, 3.63) is 130 Å². The van der Waals surface area contributed by atoms with Crippen LogP contribution in [0.2, 0.25) is 0 Å². The molecule has 0 atom stereocenters. The van der Waals surface area contributed by atoms with E-state index in [-0.39, 0.29) is 0 Å². The molecule has 0 amide bonds. The van der Waals surface area contributed by atoms with E-state index >= 15 is 0 Å². The second kappa shape index (κ2) is 6.28. The molecule has 1 aromatic heterocycles. The first-order valence-corrected chi connectivity index (χ1v) is 12.6. The number of nitrogens with zero attached hydrogens (tertiary/aromatic N) is 2. The third-order valence-corrected chi connectivity index (χ3v) is 8.59. The van der Waals surface area contributed by atoms with Crippen LogP contribution in [0.25, 0.3) is 22.3 Å². The predicted molar refractivity (Wildman–Crippen MR) is 141 cm³/mol. The van der Waals surface area contributed by atoms with Crippen LogP contribution < -0.4 is 4.90 Å². The standard InChI is InChI=1S/C33H22N2/c1-3-9-24-19(6-1)15-27-25(24)12-11-21-16-26-28(31(21)27)18-23-14-20-7-2-4-10-30(20)35-32(23)29(26)17-22-8-5-13-34-33(22)35/h1-13,18H,14-17H2. The maximum Gasteiger partial charge on any atom is 0.141 e. The molecule has 0 fully saturated rings. The number of pyridine rings is 1. The van der Waals surface area contributed by atoms with Gasteiger partial charge in [0.2, 0.25) is 0 Å². The van der Waals surface area contributed by atoms with Crippen LogP contribution in [0.15, 0.2) is 85.1 Å². The molecule has 3 heterocycles. The van der Waals surface area contributed by atoms with E-state index in [4.69, 9.17) is 4.98 Å².